The summed E-state index contributed by atoms with van der Waals surface area (Å²) in [5.74, 6) is 0.209. The molecule has 3 heterocycles. The van der Waals surface area contributed by atoms with Crippen LogP contribution in [0.1, 0.15) is 19.5 Å². The van der Waals surface area contributed by atoms with E-state index in [2.05, 4.69) is 15.0 Å². The Balaban J connectivity index is 2.37. The molecule has 3 rings (SSSR count). The first kappa shape index (κ1) is 22.9. The van der Waals surface area contributed by atoms with Gasteiger partial charge in [0.2, 0.25) is 5.16 Å². The minimum absolute atomic E-state index is 0.00925. The van der Waals surface area contributed by atoms with Crippen molar-refractivity contribution >= 4 is 21.8 Å². The first-order valence-electron chi connectivity index (χ1n) is 9.00. The molecular formula is C18H21F2N5O5S. The van der Waals surface area contributed by atoms with Gasteiger partial charge < -0.3 is 14.6 Å². The van der Waals surface area contributed by atoms with Crippen LogP contribution in [0.25, 0.3) is 16.9 Å². The second-order valence-corrected chi connectivity index (χ2v) is 8.36. The van der Waals surface area contributed by atoms with Gasteiger partial charge in [-0.1, -0.05) is 0 Å². The normalized spacial score (nSPS) is 13.2. The summed E-state index contributed by atoms with van der Waals surface area (Å²) < 4.78 is 50.6. The van der Waals surface area contributed by atoms with Crippen LogP contribution in [0.3, 0.4) is 0 Å². The molecule has 13 heteroatoms. The second-order valence-electron chi connectivity index (χ2n) is 7.09. The van der Waals surface area contributed by atoms with E-state index in [-0.39, 0.29) is 40.2 Å². The Morgan fingerprint density at radius 1 is 1.29 bits per heavy atom. The highest BCUT2D eigenvalue weighted by Crippen LogP contribution is 2.26. The molecule has 0 bridgehead atoms. The first-order valence-corrected chi connectivity index (χ1v) is 10.6. The van der Waals surface area contributed by atoms with E-state index in [1.807, 2.05) is 0 Å². The lowest BCUT2D eigenvalue weighted by Gasteiger charge is -2.20. The van der Waals surface area contributed by atoms with Crippen LogP contribution in [0.15, 0.2) is 28.3 Å². The lowest BCUT2D eigenvalue weighted by molar-refractivity contribution is 0.0490. The molecule has 0 aromatic carbocycles. The maximum absolute atomic E-state index is 13.3. The summed E-state index contributed by atoms with van der Waals surface area (Å²) in [5, 5.41) is 10.3. The molecule has 0 saturated heterocycles. The Morgan fingerprint density at radius 2 is 2.00 bits per heavy atom. The Labute approximate surface area is 177 Å². The largest absolute Gasteiger partial charge is 0.467 e. The van der Waals surface area contributed by atoms with E-state index in [9.17, 15) is 22.9 Å². The van der Waals surface area contributed by atoms with Crippen molar-refractivity contribution < 1.29 is 27.6 Å². The summed E-state index contributed by atoms with van der Waals surface area (Å²) in [6.07, 6.45) is -0.360. The van der Waals surface area contributed by atoms with Crippen molar-refractivity contribution in [1.29, 1.82) is 0 Å². The van der Waals surface area contributed by atoms with E-state index in [1.54, 1.807) is 0 Å². The number of halogens is 2. The molecule has 0 aliphatic heterocycles. The average molecular weight is 457 g/mol. The fourth-order valence-electron chi connectivity index (χ4n) is 2.80. The molecule has 0 radical (unpaired) electrons. The smallest absolute Gasteiger partial charge is 0.278 e. The average Bonchev–Trinajstić information content (AvgIpc) is 2.96. The zero-order valence-corrected chi connectivity index (χ0v) is 18.0. The minimum Gasteiger partial charge on any atom is -0.467 e. The molecule has 3 aromatic heterocycles. The van der Waals surface area contributed by atoms with Crippen molar-refractivity contribution in [3.8, 4) is 11.6 Å². The van der Waals surface area contributed by atoms with E-state index in [4.69, 9.17) is 9.47 Å². The third-order valence-electron chi connectivity index (χ3n) is 4.19. The molecule has 3 aromatic rings. The van der Waals surface area contributed by atoms with Gasteiger partial charge in [-0.25, -0.2) is 33.1 Å². The summed E-state index contributed by atoms with van der Waals surface area (Å²) in [6.45, 7) is 1.91. The van der Waals surface area contributed by atoms with Crippen LogP contribution in [-0.4, -0.2) is 60.2 Å². The zero-order valence-electron chi connectivity index (χ0n) is 17.2. The first-order chi connectivity index (χ1) is 14.5. The van der Waals surface area contributed by atoms with Crippen LogP contribution in [0.2, 0.25) is 0 Å². The van der Waals surface area contributed by atoms with Crippen LogP contribution in [0, 0.1) is 0 Å². The van der Waals surface area contributed by atoms with Crippen molar-refractivity contribution in [2.45, 2.75) is 37.6 Å². The summed E-state index contributed by atoms with van der Waals surface area (Å²) in [7, 11) is -0.163. The molecule has 1 N–H and O–H groups in total. The van der Waals surface area contributed by atoms with E-state index in [0.29, 0.717) is 0 Å². The quantitative estimate of drug-likeness (QED) is 0.396. The molecule has 168 valence electrons. The van der Waals surface area contributed by atoms with Crippen molar-refractivity contribution in [3.63, 3.8) is 0 Å². The number of ether oxygens (including phenoxy) is 2. The summed E-state index contributed by atoms with van der Waals surface area (Å²) in [4.78, 5) is 25.2. The van der Waals surface area contributed by atoms with Crippen LogP contribution in [0.5, 0.6) is 5.75 Å². The summed E-state index contributed by atoms with van der Waals surface area (Å²) in [5.41, 5.74) is -2.08. The molecule has 0 fully saturated rings. The van der Waals surface area contributed by atoms with E-state index in [0.717, 1.165) is 15.6 Å². The Morgan fingerprint density at radius 3 is 2.58 bits per heavy atom. The van der Waals surface area contributed by atoms with E-state index < -0.39 is 34.9 Å². The number of methoxy groups -OCH3 is 1. The lowest BCUT2D eigenvalue weighted by Crippen LogP contribution is -2.27. The number of aliphatic hydroxyl groups is 1. The lowest BCUT2D eigenvalue weighted by atomic mass is 10.0. The Hall–Kier alpha value is -2.77. The fraction of sp³-hybridized carbons (Fsp3) is 0.444. The van der Waals surface area contributed by atoms with Gasteiger partial charge in [-0.2, -0.15) is 0 Å². The molecule has 1 unspecified atom stereocenters. The molecule has 0 aliphatic carbocycles. The molecule has 0 spiro atoms. The third-order valence-corrected chi connectivity index (χ3v) is 4.91. The number of alkyl halides is 2. The van der Waals surface area contributed by atoms with Gasteiger partial charge in [0.15, 0.2) is 18.3 Å². The van der Waals surface area contributed by atoms with Crippen LogP contribution >= 0.6 is 0 Å². The number of pyridine rings is 1. The van der Waals surface area contributed by atoms with Gasteiger partial charge in [0.05, 0.1) is 16.5 Å². The number of fused-ring (bicyclic) bond motifs is 1. The van der Waals surface area contributed by atoms with E-state index in [1.165, 1.54) is 39.3 Å². The number of rotatable bonds is 8. The highest BCUT2D eigenvalue weighted by atomic mass is 32.2. The molecular weight excluding hydrogens is 436 g/mol. The Kier molecular flexibility index (Phi) is 6.48. The van der Waals surface area contributed by atoms with Gasteiger partial charge in [0.1, 0.15) is 23.3 Å². The molecule has 0 saturated carbocycles. The summed E-state index contributed by atoms with van der Waals surface area (Å²) >= 11 is 0. The van der Waals surface area contributed by atoms with Gasteiger partial charge in [-0.15, -0.1) is 0 Å². The zero-order chi connectivity index (χ0) is 22.9. The second kappa shape index (κ2) is 8.77. The van der Waals surface area contributed by atoms with Crippen molar-refractivity contribution in [2.75, 3.05) is 20.2 Å². The molecule has 1 atom stereocenters. The van der Waals surface area contributed by atoms with Crippen molar-refractivity contribution in [2.24, 2.45) is 0 Å². The van der Waals surface area contributed by atoms with Crippen molar-refractivity contribution in [1.82, 2.24) is 24.3 Å². The van der Waals surface area contributed by atoms with Crippen LogP contribution < -0.4 is 10.3 Å². The topological polar surface area (TPSA) is 121 Å². The van der Waals surface area contributed by atoms with Crippen LogP contribution in [0.4, 0.5) is 8.78 Å². The van der Waals surface area contributed by atoms with Crippen molar-refractivity contribution in [3.05, 3.63) is 34.4 Å². The Bertz CT molecular complexity index is 1190. The maximum Gasteiger partial charge on any atom is 0.278 e. The molecule has 10 nitrogen and oxygen atoms in total. The highest BCUT2D eigenvalue weighted by Gasteiger charge is 2.25. The molecule has 0 aliphatic rings. The van der Waals surface area contributed by atoms with Gasteiger partial charge >= 0.3 is 0 Å². The SMILES string of the molecule is COCOc1cc(-n2c3nc(S(C)=O)ncc3c(=O)n2CC(F)F)nc(C(C)(C)O)c1. The highest BCUT2D eigenvalue weighted by molar-refractivity contribution is 7.84. The molecule has 31 heavy (non-hydrogen) atoms. The number of nitrogens with zero attached hydrogens (tertiary/aromatic N) is 5. The van der Waals surface area contributed by atoms with Crippen LogP contribution in [-0.2, 0) is 27.7 Å². The standard InChI is InChI=1S/C18H21F2N5O5S/c1-18(2,27)12-5-10(30-9-29-3)6-14(22-12)25-15-11(7-21-17(23-15)31(4)28)16(26)24(25)8-13(19)20/h5-7,13,27H,8-9H2,1-4H3. The van der Waals surface area contributed by atoms with Gasteiger partial charge in [-0.05, 0) is 13.8 Å². The summed E-state index contributed by atoms with van der Waals surface area (Å²) in [6, 6.07) is 2.85. The maximum atomic E-state index is 13.3. The minimum atomic E-state index is -2.85. The number of hydrogen-bond acceptors (Lipinski definition) is 8. The van der Waals surface area contributed by atoms with Gasteiger partial charge in [0.25, 0.3) is 12.0 Å². The fourth-order valence-corrected chi connectivity index (χ4v) is 3.22. The monoisotopic (exact) mass is 457 g/mol. The predicted octanol–water partition coefficient (Wildman–Crippen LogP) is 1.19. The predicted molar refractivity (Wildman–Crippen MR) is 107 cm³/mol. The third kappa shape index (κ3) is 4.78. The number of aromatic nitrogens is 5. The molecule has 0 amide bonds. The number of hydrogen-bond donors (Lipinski definition) is 1. The van der Waals surface area contributed by atoms with Gasteiger partial charge in [0, 0.05) is 31.7 Å². The van der Waals surface area contributed by atoms with Gasteiger partial charge in [-0.3, -0.25) is 9.00 Å². The van der Waals surface area contributed by atoms with E-state index >= 15 is 0 Å².